The summed E-state index contributed by atoms with van der Waals surface area (Å²) in [6, 6.07) is 4.87. The lowest BCUT2D eigenvalue weighted by Crippen LogP contribution is -2.29. The Balaban J connectivity index is 2.02. The molecule has 1 aliphatic rings. The van der Waals surface area contributed by atoms with Crippen molar-refractivity contribution >= 4 is 5.69 Å². The van der Waals surface area contributed by atoms with Gasteiger partial charge >= 0.3 is 0 Å². The van der Waals surface area contributed by atoms with Gasteiger partial charge in [0.05, 0.1) is 11.3 Å². The van der Waals surface area contributed by atoms with Crippen LogP contribution >= 0.6 is 0 Å². The van der Waals surface area contributed by atoms with Gasteiger partial charge in [0.1, 0.15) is 5.82 Å². The molecule has 88 valence electrons. The van der Waals surface area contributed by atoms with Crippen molar-refractivity contribution in [2.75, 3.05) is 18.8 Å². The van der Waals surface area contributed by atoms with Gasteiger partial charge in [-0.1, -0.05) is 6.07 Å². The Kier molecular flexibility index (Phi) is 2.86. The molecule has 4 heteroatoms. The smallest absolute Gasteiger partial charge is 0.146 e. The molecule has 1 atom stereocenters. The van der Waals surface area contributed by atoms with Crippen molar-refractivity contribution < 1.29 is 9.50 Å². The normalized spacial score (nSPS) is 26.2. The van der Waals surface area contributed by atoms with E-state index in [0.29, 0.717) is 13.1 Å². The quantitative estimate of drug-likeness (QED) is 0.746. The van der Waals surface area contributed by atoms with Crippen molar-refractivity contribution in [3.63, 3.8) is 0 Å². The highest BCUT2D eigenvalue weighted by molar-refractivity contribution is 5.41. The maximum atomic E-state index is 13.2. The highest BCUT2D eigenvalue weighted by atomic mass is 19.1. The molecule has 3 nitrogen and oxygen atoms in total. The molecule has 1 aromatic carbocycles. The molecule has 1 fully saturated rings. The first-order valence-electron chi connectivity index (χ1n) is 5.45. The predicted octanol–water partition coefficient (Wildman–Crippen LogP) is 1.36. The number of nitrogens with zero attached hydrogens (tertiary/aromatic N) is 1. The number of aliphatic hydroxyl groups is 1. The average molecular weight is 224 g/mol. The molecule has 0 spiro atoms. The van der Waals surface area contributed by atoms with Crippen LogP contribution in [0, 0.1) is 5.82 Å². The molecule has 1 saturated heterocycles. The highest BCUT2D eigenvalue weighted by Crippen LogP contribution is 2.22. The number of halogens is 1. The summed E-state index contributed by atoms with van der Waals surface area (Å²) in [4.78, 5) is 2.12. The van der Waals surface area contributed by atoms with Gasteiger partial charge in [0, 0.05) is 19.6 Å². The minimum Gasteiger partial charge on any atom is -0.396 e. The number of β-amino-alcohol motifs (C(OH)–C–C–N with tert-alkyl or cyclic N) is 1. The summed E-state index contributed by atoms with van der Waals surface area (Å²) in [5, 5.41) is 9.81. The summed E-state index contributed by atoms with van der Waals surface area (Å²) in [6.07, 6.45) is 0.768. The fourth-order valence-electron chi connectivity index (χ4n) is 2.10. The van der Waals surface area contributed by atoms with Crippen LogP contribution in [0.1, 0.15) is 18.9 Å². The molecule has 0 aromatic heterocycles. The van der Waals surface area contributed by atoms with Crippen LogP contribution in [-0.4, -0.2) is 28.7 Å². The van der Waals surface area contributed by atoms with E-state index in [0.717, 1.165) is 18.5 Å². The van der Waals surface area contributed by atoms with E-state index in [9.17, 15) is 9.50 Å². The molecule has 0 aliphatic carbocycles. The van der Waals surface area contributed by atoms with Crippen molar-refractivity contribution in [3.8, 4) is 0 Å². The van der Waals surface area contributed by atoms with Crippen LogP contribution in [0.5, 0.6) is 0 Å². The van der Waals surface area contributed by atoms with Crippen molar-refractivity contribution in [3.05, 3.63) is 29.6 Å². The fourth-order valence-corrected chi connectivity index (χ4v) is 2.10. The SMILES string of the molecule is CC1(O)CCN(Cc2ccc(N)c(F)c2)C1. The molecular weight excluding hydrogens is 207 g/mol. The number of likely N-dealkylation sites (tertiary alicyclic amines) is 1. The Morgan fingerprint density at radius 2 is 2.31 bits per heavy atom. The number of nitrogen functional groups attached to an aromatic ring is 1. The van der Waals surface area contributed by atoms with Gasteiger partial charge in [-0.3, -0.25) is 4.90 Å². The van der Waals surface area contributed by atoms with Gasteiger partial charge in [-0.05, 0) is 31.0 Å². The lowest BCUT2D eigenvalue weighted by Gasteiger charge is -2.18. The Morgan fingerprint density at radius 3 is 2.88 bits per heavy atom. The molecule has 1 aromatic rings. The first-order chi connectivity index (χ1) is 7.46. The molecule has 16 heavy (non-hydrogen) atoms. The van der Waals surface area contributed by atoms with Crippen LogP contribution in [-0.2, 0) is 6.54 Å². The largest absolute Gasteiger partial charge is 0.396 e. The first-order valence-corrected chi connectivity index (χ1v) is 5.45. The van der Waals surface area contributed by atoms with E-state index in [2.05, 4.69) is 4.90 Å². The zero-order valence-corrected chi connectivity index (χ0v) is 9.41. The van der Waals surface area contributed by atoms with Crippen LogP contribution in [0.4, 0.5) is 10.1 Å². The molecular formula is C12H17FN2O. The van der Waals surface area contributed by atoms with Crippen LogP contribution in [0.3, 0.4) is 0 Å². The molecule has 0 saturated carbocycles. The highest BCUT2D eigenvalue weighted by Gasteiger charge is 2.30. The molecule has 1 unspecified atom stereocenters. The van der Waals surface area contributed by atoms with Crippen molar-refractivity contribution in [1.82, 2.24) is 4.90 Å². The van der Waals surface area contributed by atoms with Gasteiger partial charge < -0.3 is 10.8 Å². The number of hydrogen-bond donors (Lipinski definition) is 2. The topological polar surface area (TPSA) is 49.5 Å². The van der Waals surface area contributed by atoms with E-state index in [1.807, 2.05) is 13.0 Å². The van der Waals surface area contributed by atoms with Gasteiger partial charge in [-0.25, -0.2) is 4.39 Å². The lowest BCUT2D eigenvalue weighted by atomic mass is 10.1. The first kappa shape index (κ1) is 11.4. The maximum Gasteiger partial charge on any atom is 0.146 e. The number of benzene rings is 1. The average Bonchev–Trinajstić information content (AvgIpc) is 2.52. The standard InChI is InChI=1S/C12H17FN2O/c1-12(16)4-5-15(8-12)7-9-2-3-11(14)10(13)6-9/h2-3,6,16H,4-5,7-8,14H2,1H3. The van der Waals surface area contributed by atoms with Crippen molar-refractivity contribution in [2.45, 2.75) is 25.5 Å². The van der Waals surface area contributed by atoms with E-state index in [-0.39, 0.29) is 11.5 Å². The molecule has 3 N–H and O–H groups in total. The molecule has 1 heterocycles. The Morgan fingerprint density at radius 1 is 1.56 bits per heavy atom. The third kappa shape index (κ3) is 2.51. The monoisotopic (exact) mass is 224 g/mol. The zero-order valence-electron chi connectivity index (χ0n) is 9.41. The summed E-state index contributed by atoms with van der Waals surface area (Å²) in [7, 11) is 0. The van der Waals surface area contributed by atoms with E-state index in [1.165, 1.54) is 6.07 Å². The van der Waals surface area contributed by atoms with Gasteiger partial charge in [0.15, 0.2) is 0 Å². The summed E-state index contributed by atoms with van der Waals surface area (Å²) >= 11 is 0. The summed E-state index contributed by atoms with van der Waals surface area (Å²) in [5.41, 5.74) is 5.88. The van der Waals surface area contributed by atoms with Gasteiger partial charge in [0.2, 0.25) is 0 Å². The third-order valence-corrected chi connectivity index (χ3v) is 3.00. The maximum absolute atomic E-state index is 13.2. The minimum absolute atomic E-state index is 0.178. The Labute approximate surface area is 94.7 Å². The Bertz CT molecular complexity index is 393. The molecule has 0 bridgehead atoms. The second-order valence-corrected chi connectivity index (χ2v) is 4.81. The summed E-state index contributed by atoms with van der Waals surface area (Å²) in [5.74, 6) is -0.372. The Hall–Kier alpha value is -1.13. The van der Waals surface area contributed by atoms with Crippen LogP contribution in [0.15, 0.2) is 18.2 Å². The summed E-state index contributed by atoms with van der Waals surface area (Å²) < 4.78 is 13.2. The second-order valence-electron chi connectivity index (χ2n) is 4.81. The molecule has 1 aliphatic heterocycles. The van der Waals surface area contributed by atoms with Gasteiger partial charge in [-0.2, -0.15) is 0 Å². The van der Waals surface area contributed by atoms with E-state index >= 15 is 0 Å². The zero-order chi connectivity index (χ0) is 11.8. The number of rotatable bonds is 2. The number of nitrogens with two attached hydrogens (primary N) is 1. The second kappa shape index (κ2) is 4.03. The number of hydrogen-bond acceptors (Lipinski definition) is 3. The third-order valence-electron chi connectivity index (χ3n) is 3.00. The van der Waals surface area contributed by atoms with E-state index < -0.39 is 5.60 Å². The summed E-state index contributed by atoms with van der Waals surface area (Å²) in [6.45, 7) is 3.97. The van der Waals surface area contributed by atoms with Crippen LogP contribution < -0.4 is 5.73 Å². The number of anilines is 1. The van der Waals surface area contributed by atoms with Crippen LogP contribution in [0.2, 0.25) is 0 Å². The van der Waals surface area contributed by atoms with E-state index in [1.54, 1.807) is 6.07 Å². The van der Waals surface area contributed by atoms with Crippen molar-refractivity contribution in [1.29, 1.82) is 0 Å². The molecule has 0 radical (unpaired) electrons. The van der Waals surface area contributed by atoms with Gasteiger partial charge in [-0.15, -0.1) is 0 Å². The van der Waals surface area contributed by atoms with Crippen LogP contribution in [0.25, 0.3) is 0 Å². The fraction of sp³-hybridized carbons (Fsp3) is 0.500. The van der Waals surface area contributed by atoms with Crippen molar-refractivity contribution in [2.24, 2.45) is 0 Å². The molecule has 0 amide bonds. The lowest BCUT2D eigenvalue weighted by molar-refractivity contribution is 0.0679. The minimum atomic E-state index is -0.605. The molecule has 2 rings (SSSR count). The van der Waals surface area contributed by atoms with Gasteiger partial charge in [0.25, 0.3) is 0 Å². The van der Waals surface area contributed by atoms with E-state index in [4.69, 9.17) is 5.73 Å². The predicted molar refractivity (Wildman–Crippen MR) is 61.3 cm³/mol.